The number of nitrogens with zero attached hydrogens (tertiary/aromatic N) is 1. The van der Waals surface area contributed by atoms with E-state index in [0.717, 1.165) is 10.5 Å². The Balaban J connectivity index is 3.46. The van der Waals surface area contributed by atoms with Crippen LogP contribution in [0.2, 0.25) is 0 Å². The zero-order valence-electron chi connectivity index (χ0n) is 32.2. The van der Waals surface area contributed by atoms with Gasteiger partial charge in [0.1, 0.15) is 0 Å². The molecule has 1 nitrogen and oxygen atoms in total. The van der Waals surface area contributed by atoms with Crippen LogP contribution < -0.4 is 0 Å². The first-order valence-corrected chi connectivity index (χ1v) is 21.3. The zero-order chi connectivity index (χ0) is 32.2. The summed E-state index contributed by atoms with van der Waals surface area (Å²) in [5.74, 6) is 0. The number of hydrogen-bond donors (Lipinski definition) is 0. The van der Waals surface area contributed by atoms with Crippen molar-refractivity contribution in [3.63, 3.8) is 0 Å². The van der Waals surface area contributed by atoms with E-state index in [-0.39, 0.29) is 0 Å². The molecule has 0 aliphatic rings. The SMILES string of the molecule is CCCCCCCCCCCCCCCCCCCCCC(CCCCCCCCCCCCCCCCCC)[N+](C)(C)C. The van der Waals surface area contributed by atoms with Crippen LogP contribution in [0, 0.1) is 0 Å². The highest BCUT2D eigenvalue weighted by Crippen LogP contribution is 2.21. The summed E-state index contributed by atoms with van der Waals surface area (Å²) in [5.41, 5.74) is 0. The van der Waals surface area contributed by atoms with Crippen molar-refractivity contribution < 1.29 is 4.48 Å². The first kappa shape index (κ1) is 44.0. The fraction of sp³-hybridized carbons (Fsp3) is 1.00. The topological polar surface area (TPSA) is 0 Å². The molecule has 0 spiro atoms. The van der Waals surface area contributed by atoms with Crippen LogP contribution in [-0.2, 0) is 0 Å². The maximum absolute atomic E-state index is 2.44. The standard InChI is InChI=1S/C43H90N/c1-6-8-10-12-14-16-18-20-22-24-25-26-28-30-32-34-36-38-40-42-43(44(3,4)5)41-39-37-35-33-31-29-27-23-21-19-17-15-13-11-9-7-2/h43H,6-42H2,1-5H3/q+1. The third-order valence-electron chi connectivity index (χ3n) is 10.6. The van der Waals surface area contributed by atoms with Crippen molar-refractivity contribution in [2.75, 3.05) is 21.1 Å². The van der Waals surface area contributed by atoms with Crippen LogP contribution in [0.5, 0.6) is 0 Å². The van der Waals surface area contributed by atoms with Crippen LogP contribution in [0.25, 0.3) is 0 Å². The monoisotopic (exact) mass is 621 g/mol. The Morgan fingerprint density at radius 1 is 0.250 bits per heavy atom. The van der Waals surface area contributed by atoms with Crippen LogP contribution >= 0.6 is 0 Å². The highest BCUT2D eigenvalue weighted by atomic mass is 15.3. The Morgan fingerprint density at radius 2 is 0.409 bits per heavy atom. The molecular weight excluding hydrogens is 530 g/mol. The quantitative estimate of drug-likeness (QED) is 0.0476. The lowest BCUT2D eigenvalue weighted by molar-refractivity contribution is -0.896. The average Bonchev–Trinajstić information content (AvgIpc) is 3.00. The summed E-state index contributed by atoms with van der Waals surface area (Å²) in [7, 11) is 7.31. The van der Waals surface area contributed by atoms with Gasteiger partial charge in [0.2, 0.25) is 0 Å². The lowest BCUT2D eigenvalue weighted by atomic mass is 9.97. The minimum Gasteiger partial charge on any atom is -0.328 e. The van der Waals surface area contributed by atoms with Crippen molar-refractivity contribution >= 4 is 0 Å². The van der Waals surface area contributed by atoms with Crippen LogP contribution in [0.4, 0.5) is 0 Å². The number of rotatable bonds is 38. The molecule has 0 aliphatic heterocycles. The predicted molar refractivity (Wildman–Crippen MR) is 204 cm³/mol. The van der Waals surface area contributed by atoms with Crippen molar-refractivity contribution in [3.05, 3.63) is 0 Å². The van der Waals surface area contributed by atoms with E-state index in [1.165, 1.54) is 238 Å². The second kappa shape index (κ2) is 35.8. The zero-order valence-corrected chi connectivity index (χ0v) is 32.2. The first-order valence-electron chi connectivity index (χ1n) is 21.3. The largest absolute Gasteiger partial charge is 0.328 e. The van der Waals surface area contributed by atoms with E-state index in [1.807, 2.05) is 0 Å². The Kier molecular flexibility index (Phi) is 35.8. The summed E-state index contributed by atoms with van der Waals surface area (Å²) >= 11 is 0. The Hall–Kier alpha value is -0.0400. The molecular formula is C43H90N+. The number of hydrogen-bond acceptors (Lipinski definition) is 0. The van der Waals surface area contributed by atoms with Gasteiger partial charge in [-0.3, -0.25) is 0 Å². The van der Waals surface area contributed by atoms with Gasteiger partial charge in [-0.2, -0.15) is 0 Å². The Bertz CT molecular complexity index is 506. The van der Waals surface area contributed by atoms with Gasteiger partial charge in [-0.15, -0.1) is 0 Å². The predicted octanol–water partition coefficient (Wildman–Crippen LogP) is 15.5. The summed E-state index contributed by atoms with van der Waals surface area (Å²) in [4.78, 5) is 0. The fourth-order valence-corrected chi connectivity index (χ4v) is 7.31. The molecule has 0 aliphatic carbocycles. The summed E-state index contributed by atoms with van der Waals surface area (Å²) < 4.78 is 1.16. The molecule has 0 aromatic carbocycles. The van der Waals surface area contributed by atoms with Gasteiger partial charge in [0.25, 0.3) is 0 Å². The lowest BCUT2D eigenvalue weighted by Gasteiger charge is -2.34. The molecule has 0 bridgehead atoms. The van der Waals surface area contributed by atoms with Gasteiger partial charge in [-0.05, 0) is 25.7 Å². The van der Waals surface area contributed by atoms with Crippen molar-refractivity contribution in [1.29, 1.82) is 0 Å². The lowest BCUT2D eigenvalue weighted by Crippen LogP contribution is -2.45. The number of quaternary nitrogens is 1. The normalized spacial score (nSPS) is 12.8. The fourth-order valence-electron chi connectivity index (χ4n) is 7.31. The molecule has 0 saturated carbocycles. The molecule has 0 saturated heterocycles. The maximum atomic E-state index is 2.44. The highest BCUT2D eigenvalue weighted by molar-refractivity contribution is 4.61. The van der Waals surface area contributed by atoms with Gasteiger partial charge in [-0.1, -0.05) is 226 Å². The second-order valence-corrected chi connectivity index (χ2v) is 16.0. The van der Waals surface area contributed by atoms with Gasteiger partial charge < -0.3 is 4.48 Å². The van der Waals surface area contributed by atoms with Crippen LogP contribution in [-0.4, -0.2) is 31.7 Å². The molecule has 44 heavy (non-hydrogen) atoms. The molecule has 0 N–H and O–H groups in total. The highest BCUT2D eigenvalue weighted by Gasteiger charge is 2.22. The Labute approximate surface area is 282 Å². The molecule has 1 heteroatoms. The van der Waals surface area contributed by atoms with Crippen molar-refractivity contribution in [2.45, 2.75) is 257 Å². The van der Waals surface area contributed by atoms with Gasteiger partial charge in [0.15, 0.2) is 0 Å². The van der Waals surface area contributed by atoms with E-state index < -0.39 is 0 Å². The van der Waals surface area contributed by atoms with Crippen LogP contribution in [0.3, 0.4) is 0 Å². The third kappa shape index (κ3) is 34.8. The Morgan fingerprint density at radius 3 is 0.568 bits per heavy atom. The first-order chi connectivity index (χ1) is 21.5. The van der Waals surface area contributed by atoms with Crippen molar-refractivity contribution in [3.8, 4) is 0 Å². The van der Waals surface area contributed by atoms with Crippen LogP contribution in [0.15, 0.2) is 0 Å². The van der Waals surface area contributed by atoms with E-state index in [9.17, 15) is 0 Å². The van der Waals surface area contributed by atoms with Crippen molar-refractivity contribution in [2.24, 2.45) is 0 Å². The molecule has 0 radical (unpaired) electrons. The van der Waals surface area contributed by atoms with E-state index in [0.29, 0.717) is 0 Å². The summed E-state index contributed by atoms with van der Waals surface area (Å²) in [6.07, 6.45) is 54.4. The molecule has 266 valence electrons. The van der Waals surface area contributed by atoms with Gasteiger partial charge in [0, 0.05) is 0 Å². The third-order valence-corrected chi connectivity index (χ3v) is 10.6. The minimum atomic E-state index is 0.868. The molecule has 0 aromatic rings. The minimum absolute atomic E-state index is 0.868. The average molecular weight is 621 g/mol. The molecule has 1 unspecified atom stereocenters. The van der Waals surface area contributed by atoms with E-state index in [1.54, 1.807) is 0 Å². The van der Waals surface area contributed by atoms with E-state index in [4.69, 9.17) is 0 Å². The van der Waals surface area contributed by atoms with Gasteiger partial charge >= 0.3 is 0 Å². The smallest absolute Gasteiger partial charge is 0.0884 e. The molecule has 0 rings (SSSR count). The van der Waals surface area contributed by atoms with Gasteiger partial charge in [0.05, 0.1) is 27.2 Å². The molecule has 0 heterocycles. The van der Waals surface area contributed by atoms with Gasteiger partial charge in [-0.25, -0.2) is 0 Å². The second-order valence-electron chi connectivity index (χ2n) is 16.0. The van der Waals surface area contributed by atoms with E-state index >= 15 is 0 Å². The molecule has 0 fully saturated rings. The molecule has 1 atom stereocenters. The van der Waals surface area contributed by atoms with E-state index in [2.05, 4.69) is 35.0 Å². The van der Waals surface area contributed by atoms with Crippen LogP contribution in [0.1, 0.15) is 251 Å². The summed E-state index contributed by atoms with van der Waals surface area (Å²) in [5, 5.41) is 0. The molecule has 0 aromatic heterocycles. The maximum Gasteiger partial charge on any atom is 0.0884 e. The summed E-state index contributed by atoms with van der Waals surface area (Å²) in [6, 6.07) is 0.868. The number of unbranched alkanes of at least 4 members (excludes halogenated alkanes) is 33. The van der Waals surface area contributed by atoms with Crippen molar-refractivity contribution in [1.82, 2.24) is 0 Å². The summed E-state index contributed by atoms with van der Waals surface area (Å²) in [6.45, 7) is 4.62. The molecule has 0 amide bonds.